The summed E-state index contributed by atoms with van der Waals surface area (Å²) in [7, 11) is 0. The Morgan fingerprint density at radius 3 is 2.85 bits per heavy atom. The van der Waals surface area contributed by atoms with Crippen LogP contribution in [0.1, 0.15) is 37.3 Å². The number of nitrogens with zero attached hydrogens (tertiary/aromatic N) is 2. The maximum Gasteiger partial charge on any atom is 0.248 e. The molecule has 26 heavy (non-hydrogen) atoms. The summed E-state index contributed by atoms with van der Waals surface area (Å²) in [6.45, 7) is 2.33. The maximum atomic E-state index is 13.4. The third-order valence-corrected chi connectivity index (χ3v) is 5.29. The van der Waals surface area contributed by atoms with Gasteiger partial charge in [0, 0.05) is 18.0 Å². The van der Waals surface area contributed by atoms with Crippen LogP contribution in [0.15, 0.2) is 42.7 Å². The molecule has 1 fully saturated rings. The average Bonchev–Trinajstić information content (AvgIpc) is 3.13. The van der Waals surface area contributed by atoms with Crippen LogP contribution < -0.4 is 15.4 Å². The molecule has 0 saturated carbocycles. The van der Waals surface area contributed by atoms with Crippen LogP contribution in [0.25, 0.3) is 0 Å². The zero-order valence-electron chi connectivity index (χ0n) is 14.7. The van der Waals surface area contributed by atoms with Gasteiger partial charge in [-0.2, -0.15) is 5.10 Å². The van der Waals surface area contributed by atoms with Gasteiger partial charge in [-0.1, -0.05) is 18.2 Å². The molecule has 0 bridgehead atoms. The summed E-state index contributed by atoms with van der Waals surface area (Å²) in [4.78, 5) is 13.4. The third kappa shape index (κ3) is 3.44. The lowest BCUT2D eigenvalue weighted by Gasteiger charge is -2.37. The van der Waals surface area contributed by atoms with Crippen molar-refractivity contribution in [1.82, 2.24) is 20.4 Å². The lowest BCUT2D eigenvalue weighted by Crippen LogP contribution is -2.55. The van der Waals surface area contributed by atoms with Crippen molar-refractivity contribution < 1.29 is 9.53 Å². The SMILES string of the molecule is Cl.O=C(NC1CCCOc2ccccc21)C1(n2cccn2)CCNCC1. The van der Waals surface area contributed by atoms with Gasteiger partial charge in [-0.15, -0.1) is 12.4 Å². The number of carbonyl (C=O) groups excluding carboxylic acids is 1. The minimum absolute atomic E-state index is 0. The van der Waals surface area contributed by atoms with Crippen LogP contribution in [0.5, 0.6) is 5.75 Å². The summed E-state index contributed by atoms with van der Waals surface area (Å²) in [5, 5.41) is 11.0. The standard InChI is InChI=1S/C19H24N4O2.ClH/c24-18(19(8-11-20-12-9-19)23-13-4-10-21-23)22-16-6-3-14-25-17-7-2-1-5-15(16)17;/h1-2,4-5,7,10,13,16,20H,3,6,8-9,11-12,14H2,(H,22,24);1H. The minimum Gasteiger partial charge on any atom is -0.493 e. The molecule has 1 aromatic carbocycles. The van der Waals surface area contributed by atoms with Crippen molar-refractivity contribution in [1.29, 1.82) is 0 Å². The highest BCUT2D eigenvalue weighted by atomic mass is 35.5. The number of piperidine rings is 1. The molecule has 4 rings (SSSR count). The van der Waals surface area contributed by atoms with Crippen molar-refractivity contribution in [2.75, 3.05) is 19.7 Å². The first kappa shape index (κ1) is 18.7. The molecule has 1 saturated heterocycles. The minimum atomic E-state index is -0.614. The van der Waals surface area contributed by atoms with E-state index in [1.807, 2.05) is 35.1 Å². The van der Waals surface area contributed by atoms with Crippen LogP contribution in [0.2, 0.25) is 0 Å². The fourth-order valence-corrected chi connectivity index (χ4v) is 3.89. The number of nitrogens with one attached hydrogen (secondary N) is 2. The van der Waals surface area contributed by atoms with Crippen molar-refractivity contribution in [3.05, 3.63) is 48.3 Å². The quantitative estimate of drug-likeness (QED) is 0.863. The predicted octanol–water partition coefficient (Wildman–Crippen LogP) is 2.41. The summed E-state index contributed by atoms with van der Waals surface area (Å²) >= 11 is 0. The van der Waals surface area contributed by atoms with E-state index in [9.17, 15) is 4.79 Å². The topological polar surface area (TPSA) is 68.2 Å². The molecule has 1 unspecified atom stereocenters. The Balaban J connectivity index is 0.00000196. The van der Waals surface area contributed by atoms with E-state index < -0.39 is 5.54 Å². The van der Waals surface area contributed by atoms with Gasteiger partial charge < -0.3 is 15.4 Å². The van der Waals surface area contributed by atoms with Crippen molar-refractivity contribution in [3.8, 4) is 5.75 Å². The van der Waals surface area contributed by atoms with Crippen LogP contribution >= 0.6 is 12.4 Å². The molecule has 1 aromatic heterocycles. The van der Waals surface area contributed by atoms with Gasteiger partial charge in [0.25, 0.3) is 0 Å². The second-order valence-electron chi connectivity index (χ2n) is 6.79. The molecule has 2 aromatic rings. The molecule has 1 amide bonds. The van der Waals surface area contributed by atoms with Gasteiger partial charge in [-0.25, -0.2) is 0 Å². The normalized spacial score (nSPS) is 21.5. The summed E-state index contributed by atoms with van der Waals surface area (Å²) in [5.41, 5.74) is 0.453. The fraction of sp³-hybridized carbons (Fsp3) is 0.474. The fourth-order valence-electron chi connectivity index (χ4n) is 3.89. The second-order valence-corrected chi connectivity index (χ2v) is 6.79. The number of aromatic nitrogens is 2. The molecule has 7 heteroatoms. The highest BCUT2D eigenvalue weighted by Gasteiger charge is 2.43. The number of halogens is 1. The smallest absolute Gasteiger partial charge is 0.248 e. The number of benzene rings is 1. The van der Waals surface area contributed by atoms with Crippen molar-refractivity contribution in [3.63, 3.8) is 0 Å². The Morgan fingerprint density at radius 2 is 2.08 bits per heavy atom. The number of para-hydroxylation sites is 1. The van der Waals surface area contributed by atoms with Crippen molar-refractivity contribution >= 4 is 18.3 Å². The molecule has 0 radical (unpaired) electrons. The maximum absolute atomic E-state index is 13.4. The van der Waals surface area contributed by atoms with Crippen LogP contribution in [0.4, 0.5) is 0 Å². The van der Waals surface area contributed by atoms with E-state index in [0.717, 1.165) is 50.1 Å². The number of amides is 1. The van der Waals surface area contributed by atoms with Crippen molar-refractivity contribution in [2.45, 2.75) is 37.3 Å². The second kappa shape index (κ2) is 8.10. The van der Waals surface area contributed by atoms with Gasteiger partial charge in [-0.05, 0) is 50.9 Å². The Hall–Kier alpha value is -2.05. The van der Waals surface area contributed by atoms with Gasteiger partial charge in [0.2, 0.25) is 5.91 Å². The third-order valence-electron chi connectivity index (χ3n) is 5.29. The monoisotopic (exact) mass is 376 g/mol. The lowest BCUT2D eigenvalue weighted by molar-refractivity contribution is -0.132. The van der Waals surface area contributed by atoms with Crippen molar-refractivity contribution in [2.24, 2.45) is 0 Å². The number of carbonyl (C=O) groups is 1. The van der Waals surface area contributed by atoms with Gasteiger partial charge in [0.15, 0.2) is 0 Å². The predicted molar refractivity (Wildman–Crippen MR) is 102 cm³/mol. The van der Waals surface area contributed by atoms with Crippen LogP contribution in [-0.2, 0) is 10.3 Å². The molecule has 0 aliphatic carbocycles. The Morgan fingerprint density at radius 1 is 1.27 bits per heavy atom. The molecular weight excluding hydrogens is 352 g/mol. The molecule has 140 valence electrons. The summed E-state index contributed by atoms with van der Waals surface area (Å²) < 4.78 is 7.66. The van der Waals surface area contributed by atoms with E-state index in [1.165, 1.54) is 0 Å². The van der Waals surface area contributed by atoms with Crippen LogP contribution in [-0.4, -0.2) is 35.4 Å². The molecule has 2 aliphatic heterocycles. The molecular formula is C19H25ClN4O2. The van der Waals surface area contributed by atoms with E-state index in [0.29, 0.717) is 6.61 Å². The summed E-state index contributed by atoms with van der Waals surface area (Å²) in [6.07, 6.45) is 6.93. The van der Waals surface area contributed by atoms with E-state index in [2.05, 4.69) is 21.8 Å². The van der Waals surface area contributed by atoms with Gasteiger partial charge in [0.1, 0.15) is 11.3 Å². The molecule has 6 nitrogen and oxygen atoms in total. The van der Waals surface area contributed by atoms with Crippen LogP contribution in [0.3, 0.4) is 0 Å². The first-order valence-corrected chi connectivity index (χ1v) is 9.03. The largest absolute Gasteiger partial charge is 0.493 e. The number of rotatable bonds is 3. The average molecular weight is 377 g/mol. The van der Waals surface area contributed by atoms with E-state index in [1.54, 1.807) is 6.20 Å². The van der Waals surface area contributed by atoms with E-state index in [4.69, 9.17) is 4.74 Å². The first-order valence-electron chi connectivity index (χ1n) is 9.03. The summed E-state index contributed by atoms with van der Waals surface area (Å²) in [6, 6.07) is 9.86. The molecule has 2 aliphatic rings. The van der Waals surface area contributed by atoms with Crippen LogP contribution in [0, 0.1) is 0 Å². The Kier molecular flexibility index (Phi) is 5.84. The summed E-state index contributed by atoms with van der Waals surface area (Å²) in [5.74, 6) is 0.933. The number of hydrogen-bond acceptors (Lipinski definition) is 4. The number of ether oxygens (including phenoxy) is 1. The van der Waals surface area contributed by atoms with Gasteiger partial charge in [0.05, 0.1) is 12.6 Å². The lowest BCUT2D eigenvalue weighted by atomic mass is 9.86. The molecule has 3 heterocycles. The van der Waals surface area contributed by atoms with Gasteiger partial charge in [-0.3, -0.25) is 9.48 Å². The number of hydrogen-bond donors (Lipinski definition) is 2. The molecule has 0 spiro atoms. The first-order chi connectivity index (χ1) is 12.3. The molecule has 1 atom stereocenters. The van der Waals surface area contributed by atoms with E-state index in [-0.39, 0.29) is 24.4 Å². The van der Waals surface area contributed by atoms with Gasteiger partial charge >= 0.3 is 0 Å². The highest BCUT2D eigenvalue weighted by molar-refractivity contribution is 5.85. The Bertz CT molecular complexity index is 729. The Labute approximate surface area is 159 Å². The van der Waals surface area contributed by atoms with E-state index >= 15 is 0 Å². The molecule has 2 N–H and O–H groups in total. The number of fused-ring (bicyclic) bond motifs is 1. The zero-order chi connectivity index (χ0) is 17.1. The highest BCUT2D eigenvalue weighted by Crippen LogP contribution is 2.33. The zero-order valence-corrected chi connectivity index (χ0v) is 15.5.